The van der Waals surface area contributed by atoms with Crippen LogP contribution in [-0.2, 0) is 4.79 Å². The average Bonchev–Trinajstić information content (AvgIpc) is 2.85. The number of carbonyl (C=O) groups is 1. The van der Waals surface area contributed by atoms with E-state index in [0.29, 0.717) is 11.0 Å². The summed E-state index contributed by atoms with van der Waals surface area (Å²) >= 11 is 6.18. The van der Waals surface area contributed by atoms with E-state index >= 15 is 0 Å². The summed E-state index contributed by atoms with van der Waals surface area (Å²) in [5, 5.41) is 6.62. The largest absolute Gasteiger partial charge is 0.354 e. The van der Waals surface area contributed by atoms with Crippen LogP contribution in [0.2, 0.25) is 5.02 Å². The molecule has 2 rings (SSSR count). The van der Waals surface area contributed by atoms with Gasteiger partial charge in [-0.15, -0.1) is 0 Å². The molecule has 7 heteroatoms. The fourth-order valence-electron chi connectivity index (χ4n) is 2.26. The second-order valence-corrected chi connectivity index (χ2v) is 5.33. The number of amides is 1. The Hall–Kier alpha value is -1.56. The van der Waals surface area contributed by atoms with Crippen LogP contribution in [0.15, 0.2) is 6.20 Å². The summed E-state index contributed by atoms with van der Waals surface area (Å²) in [7, 11) is 0. The molecule has 110 valence electrons. The highest BCUT2D eigenvalue weighted by Crippen LogP contribution is 2.27. The third-order valence-corrected chi connectivity index (χ3v) is 3.42. The van der Waals surface area contributed by atoms with Crippen LogP contribution in [0.5, 0.6) is 0 Å². The number of anilines is 2. The van der Waals surface area contributed by atoms with E-state index in [9.17, 15) is 4.79 Å². The molecule has 1 saturated heterocycles. The molecule has 0 radical (unpaired) electrons. The Morgan fingerprint density at radius 2 is 2.40 bits per heavy atom. The van der Waals surface area contributed by atoms with Crippen molar-refractivity contribution in [3.05, 3.63) is 11.2 Å². The first-order valence-electron chi connectivity index (χ1n) is 6.88. The van der Waals surface area contributed by atoms with Crippen LogP contribution in [0, 0.1) is 0 Å². The molecule has 0 saturated carbocycles. The van der Waals surface area contributed by atoms with Gasteiger partial charge in [0.25, 0.3) is 0 Å². The number of hydrogen-bond acceptors (Lipinski definition) is 5. The van der Waals surface area contributed by atoms with Crippen LogP contribution < -0.4 is 15.5 Å². The van der Waals surface area contributed by atoms with Gasteiger partial charge in [-0.05, 0) is 12.8 Å². The van der Waals surface area contributed by atoms with Crippen molar-refractivity contribution in [2.45, 2.75) is 32.7 Å². The molecule has 1 fully saturated rings. The number of nitrogens with zero attached hydrogens (tertiary/aromatic N) is 3. The van der Waals surface area contributed by atoms with Crippen molar-refractivity contribution in [3.8, 4) is 0 Å². The molecular weight excluding hydrogens is 278 g/mol. The molecule has 1 aromatic heterocycles. The molecule has 0 aliphatic carbocycles. The Labute approximate surface area is 123 Å². The maximum Gasteiger partial charge on any atom is 0.224 e. The van der Waals surface area contributed by atoms with E-state index in [2.05, 4.69) is 32.4 Å². The monoisotopic (exact) mass is 297 g/mol. The molecule has 0 spiro atoms. The molecule has 1 aromatic rings. The zero-order valence-electron chi connectivity index (χ0n) is 11.8. The van der Waals surface area contributed by atoms with Gasteiger partial charge in [-0.25, -0.2) is 4.98 Å². The molecule has 0 aromatic carbocycles. The van der Waals surface area contributed by atoms with Gasteiger partial charge in [0.1, 0.15) is 5.02 Å². The summed E-state index contributed by atoms with van der Waals surface area (Å²) in [6, 6.07) is 0.158. The molecule has 6 nitrogen and oxygen atoms in total. The highest BCUT2D eigenvalue weighted by atomic mass is 35.5. The molecule has 1 atom stereocenters. The smallest absolute Gasteiger partial charge is 0.224 e. The SMILES string of the molecule is CCCNc1ncc(Cl)c(N2CCC(NC(C)=O)C2)n1. The van der Waals surface area contributed by atoms with Gasteiger partial charge in [0.2, 0.25) is 11.9 Å². The van der Waals surface area contributed by atoms with Gasteiger partial charge >= 0.3 is 0 Å². The zero-order chi connectivity index (χ0) is 14.5. The summed E-state index contributed by atoms with van der Waals surface area (Å²) in [5.74, 6) is 1.32. The molecular formula is C13H20ClN5O. The van der Waals surface area contributed by atoms with Crippen molar-refractivity contribution in [2.75, 3.05) is 29.9 Å². The van der Waals surface area contributed by atoms with Crippen LogP contribution >= 0.6 is 11.6 Å². The molecule has 0 bridgehead atoms. The van der Waals surface area contributed by atoms with Crippen LogP contribution in [-0.4, -0.2) is 41.6 Å². The van der Waals surface area contributed by atoms with Gasteiger partial charge in [-0.1, -0.05) is 18.5 Å². The first-order chi connectivity index (χ1) is 9.60. The molecule has 2 N–H and O–H groups in total. The maximum absolute atomic E-state index is 11.1. The number of hydrogen-bond donors (Lipinski definition) is 2. The topological polar surface area (TPSA) is 70.2 Å². The minimum Gasteiger partial charge on any atom is -0.354 e. The third-order valence-electron chi connectivity index (χ3n) is 3.15. The van der Waals surface area contributed by atoms with E-state index in [1.807, 2.05) is 0 Å². The van der Waals surface area contributed by atoms with Crippen LogP contribution in [0.1, 0.15) is 26.7 Å². The van der Waals surface area contributed by atoms with Gasteiger partial charge < -0.3 is 15.5 Å². The van der Waals surface area contributed by atoms with E-state index in [1.54, 1.807) is 6.20 Å². The number of aromatic nitrogens is 2. The summed E-state index contributed by atoms with van der Waals surface area (Å²) in [6.07, 6.45) is 3.53. The Morgan fingerprint density at radius 3 is 3.10 bits per heavy atom. The second-order valence-electron chi connectivity index (χ2n) is 4.92. The predicted octanol–water partition coefficient (Wildman–Crippen LogP) is 1.67. The average molecular weight is 298 g/mol. The molecule has 1 unspecified atom stereocenters. The van der Waals surface area contributed by atoms with Crippen molar-refractivity contribution < 1.29 is 4.79 Å². The van der Waals surface area contributed by atoms with Crippen molar-refractivity contribution in [1.29, 1.82) is 0 Å². The van der Waals surface area contributed by atoms with Gasteiger partial charge in [0.15, 0.2) is 5.82 Å². The zero-order valence-corrected chi connectivity index (χ0v) is 12.6. The first kappa shape index (κ1) is 14.8. The summed E-state index contributed by atoms with van der Waals surface area (Å²) in [5.41, 5.74) is 0. The number of rotatable bonds is 5. The van der Waals surface area contributed by atoms with Crippen LogP contribution in [0.3, 0.4) is 0 Å². The molecule has 1 aliphatic rings. The highest BCUT2D eigenvalue weighted by Gasteiger charge is 2.25. The highest BCUT2D eigenvalue weighted by molar-refractivity contribution is 6.32. The quantitative estimate of drug-likeness (QED) is 0.865. The van der Waals surface area contributed by atoms with E-state index in [0.717, 1.165) is 38.3 Å². The molecule has 1 amide bonds. The molecule has 20 heavy (non-hydrogen) atoms. The van der Waals surface area contributed by atoms with Gasteiger partial charge in [-0.2, -0.15) is 4.98 Å². The van der Waals surface area contributed by atoms with E-state index < -0.39 is 0 Å². The van der Waals surface area contributed by atoms with Crippen molar-refractivity contribution in [3.63, 3.8) is 0 Å². The first-order valence-corrected chi connectivity index (χ1v) is 7.26. The van der Waals surface area contributed by atoms with Crippen LogP contribution in [0.4, 0.5) is 11.8 Å². The number of nitrogens with one attached hydrogen (secondary N) is 2. The summed E-state index contributed by atoms with van der Waals surface area (Å²) < 4.78 is 0. The Bertz CT molecular complexity index is 482. The molecule has 2 heterocycles. The normalized spacial score (nSPS) is 18.1. The summed E-state index contributed by atoms with van der Waals surface area (Å²) in [4.78, 5) is 21.8. The Balaban J connectivity index is 2.06. The van der Waals surface area contributed by atoms with Gasteiger partial charge in [0.05, 0.1) is 6.20 Å². The van der Waals surface area contributed by atoms with Crippen molar-refractivity contribution in [2.24, 2.45) is 0 Å². The maximum atomic E-state index is 11.1. The lowest BCUT2D eigenvalue weighted by atomic mass is 10.3. The number of halogens is 1. The van der Waals surface area contributed by atoms with E-state index in [-0.39, 0.29) is 11.9 Å². The minimum absolute atomic E-state index is 0.00376. The Kier molecular flexibility index (Phi) is 5.00. The number of carbonyl (C=O) groups excluding carboxylic acids is 1. The Morgan fingerprint density at radius 1 is 1.60 bits per heavy atom. The van der Waals surface area contributed by atoms with Crippen molar-refractivity contribution in [1.82, 2.24) is 15.3 Å². The standard InChI is InChI=1S/C13H20ClN5O/c1-3-5-15-13-16-7-11(14)12(18-13)19-6-4-10(8-19)17-9(2)20/h7,10H,3-6,8H2,1-2H3,(H,17,20)(H,15,16,18). The minimum atomic E-state index is -0.00376. The lowest BCUT2D eigenvalue weighted by Gasteiger charge is -2.19. The van der Waals surface area contributed by atoms with Crippen molar-refractivity contribution >= 4 is 29.3 Å². The second kappa shape index (κ2) is 6.74. The fraction of sp³-hybridized carbons (Fsp3) is 0.615. The van der Waals surface area contributed by atoms with Gasteiger partial charge in [0, 0.05) is 32.6 Å². The lowest BCUT2D eigenvalue weighted by Crippen LogP contribution is -2.35. The van der Waals surface area contributed by atoms with Crippen LogP contribution in [0.25, 0.3) is 0 Å². The lowest BCUT2D eigenvalue weighted by molar-refractivity contribution is -0.119. The summed E-state index contributed by atoms with van der Waals surface area (Å²) in [6.45, 7) is 6.00. The fourth-order valence-corrected chi connectivity index (χ4v) is 2.47. The molecule has 1 aliphatic heterocycles. The van der Waals surface area contributed by atoms with E-state index in [4.69, 9.17) is 11.6 Å². The third kappa shape index (κ3) is 3.72. The van der Waals surface area contributed by atoms with Gasteiger partial charge in [-0.3, -0.25) is 4.79 Å². The predicted molar refractivity (Wildman–Crippen MR) is 80.3 cm³/mol. The van der Waals surface area contributed by atoms with E-state index in [1.165, 1.54) is 6.92 Å².